The molecule has 0 saturated heterocycles. The first-order chi connectivity index (χ1) is 7.23. The average Bonchev–Trinajstić information content (AvgIpc) is 2.12. The van der Waals surface area contributed by atoms with E-state index < -0.39 is 10.0 Å². The number of nitrogens with one attached hydrogen (secondary N) is 1. The smallest absolute Gasteiger partial charge is 0.214 e. The highest BCUT2D eigenvalue weighted by Gasteiger charge is 2.27. The van der Waals surface area contributed by atoms with Crippen molar-refractivity contribution >= 4 is 26.0 Å². The fourth-order valence-corrected chi connectivity index (χ4v) is 3.11. The predicted molar refractivity (Wildman–Crippen MR) is 70.5 cm³/mol. The highest BCUT2D eigenvalue weighted by molar-refractivity contribution is 9.09. The van der Waals surface area contributed by atoms with Gasteiger partial charge in [-0.2, -0.15) is 0 Å². The van der Waals surface area contributed by atoms with E-state index in [2.05, 4.69) is 20.7 Å². The van der Waals surface area contributed by atoms with E-state index >= 15 is 0 Å². The molecule has 0 aromatic carbocycles. The summed E-state index contributed by atoms with van der Waals surface area (Å²) in [5.41, 5.74) is -0.0894. The lowest BCUT2D eigenvalue weighted by Gasteiger charge is -2.30. The van der Waals surface area contributed by atoms with Gasteiger partial charge in [-0.3, -0.25) is 0 Å². The van der Waals surface area contributed by atoms with Crippen LogP contribution >= 0.6 is 15.9 Å². The standard InChI is InChI=1S/C10H22BrNO3S/c1-10(2,3)9(5-6-11)12-16(13,14)8-7-15-4/h9,12H,5-8H2,1-4H3. The lowest BCUT2D eigenvalue weighted by Crippen LogP contribution is -2.45. The van der Waals surface area contributed by atoms with Gasteiger partial charge in [0.2, 0.25) is 10.0 Å². The van der Waals surface area contributed by atoms with Crippen molar-refractivity contribution < 1.29 is 13.2 Å². The summed E-state index contributed by atoms with van der Waals surface area (Å²) in [7, 11) is -1.75. The topological polar surface area (TPSA) is 55.4 Å². The molecule has 0 aliphatic heterocycles. The maximum Gasteiger partial charge on any atom is 0.214 e. The van der Waals surface area contributed by atoms with Crippen molar-refractivity contribution in [3.05, 3.63) is 0 Å². The van der Waals surface area contributed by atoms with E-state index in [-0.39, 0.29) is 23.8 Å². The van der Waals surface area contributed by atoms with Crippen LogP contribution in [0.4, 0.5) is 0 Å². The van der Waals surface area contributed by atoms with Gasteiger partial charge in [-0.1, -0.05) is 36.7 Å². The lowest BCUT2D eigenvalue weighted by atomic mass is 9.86. The Labute approximate surface area is 107 Å². The second kappa shape index (κ2) is 6.93. The zero-order chi connectivity index (χ0) is 12.8. The van der Waals surface area contributed by atoms with Crippen molar-refractivity contribution in [2.45, 2.75) is 33.2 Å². The minimum atomic E-state index is -3.24. The molecule has 16 heavy (non-hydrogen) atoms. The van der Waals surface area contributed by atoms with Crippen LogP contribution in [-0.2, 0) is 14.8 Å². The number of ether oxygens (including phenoxy) is 1. The molecule has 0 heterocycles. The summed E-state index contributed by atoms with van der Waals surface area (Å²) in [4.78, 5) is 0. The molecule has 0 fully saturated rings. The quantitative estimate of drug-likeness (QED) is 0.728. The zero-order valence-electron chi connectivity index (χ0n) is 10.4. The molecule has 6 heteroatoms. The lowest BCUT2D eigenvalue weighted by molar-refractivity contribution is 0.216. The van der Waals surface area contributed by atoms with Gasteiger partial charge in [0.1, 0.15) is 0 Å². The Morgan fingerprint density at radius 1 is 1.38 bits per heavy atom. The van der Waals surface area contributed by atoms with Crippen LogP contribution in [-0.4, -0.2) is 39.3 Å². The van der Waals surface area contributed by atoms with Gasteiger partial charge in [-0.25, -0.2) is 13.1 Å². The molecule has 0 rings (SSSR count). The molecule has 0 aliphatic carbocycles. The first-order valence-electron chi connectivity index (χ1n) is 5.28. The number of halogens is 1. The number of hydrogen-bond donors (Lipinski definition) is 1. The van der Waals surface area contributed by atoms with Crippen LogP contribution in [0.3, 0.4) is 0 Å². The van der Waals surface area contributed by atoms with Gasteiger partial charge >= 0.3 is 0 Å². The van der Waals surface area contributed by atoms with Crippen molar-refractivity contribution in [1.29, 1.82) is 0 Å². The van der Waals surface area contributed by atoms with Gasteiger partial charge in [-0.05, 0) is 11.8 Å². The third-order valence-corrected chi connectivity index (χ3v) is 4.13. The summed E-state index contributed by atoms with van der Waals surface area (Å²) in [5.74, 6) is 0.0123. The Bertz CT molecular complexity index is 285. The molecule has 1 unspecified atom stereocenters. The number of methoxy groups -OCH3 is 1. The summed E-state index contributed by atoms with van der Waals surface area (Å²) >= 11 is 3.34. The van der Waals surface area contributed by atoms with Crippen molar-refractivity contribution in [3.63, 3.8) is 0 Å². The molecule has 1 N–H and O–H groups in total. The summed E-state index contributed by atoms with van der Waals surface area (Å²) in [6.45, 7) is 6.30. The van der Waals surface area contributed by atoms with Crippen molar-refractivity contribution in [1.82, 2.24) is 4.72 Å². The van der Waals surface area contributed by atoms with Crippen LogP contribution < -0.4 is 4.72 Å². The molecule has 0 aromatic heterocycles. The molecule has 0 bridgehead atoms. The predicted octanol–water partition coefficient (Wildman–Crippen LogP) is 1.75. The van der Waals surface area contributed by atoms with Gasteiger partial charge in [0.25, 0.3) is 0 Å². The summed E-state index contributed by atoms with van der Waals surface area (Å²) < 4.78 is 30.9. The number of alkyl halides is 1. The van der Waals surface area contributed by atoms with E-state index in [1.807, 2.05) is 20.8 Å². The van der Waals surface area contributed by atoms with Crippen molar-refractivity contribution in [2.24, 2.45) is 5.41 Å². The third kappa shape index (κ3) is 6.83. The Hall–Kier alpha value is 0.350. The molecule has 4 nitrogen and oxygen atoms in total. The monoisotopic (exact) mass is 315 g/mol. The number of sulfonamides is 1. The van der Waals surface area contributed by atoms with Crippen LogP contribution in [0.5, 0.6) is 0 Å². The van der Waals surface area contributed by atoms with E-state index in [1.54, 1.807) is 0 Å². The normalized spacial score (nSPS) is 15.1. The minimum absolute atomic E-state index is 0.0123. The van der Waals surface area contributed by atoms with Gasteiger partial charge in [0.15, 0.2) is 0 Å². The molecule has 0 spiro atoms. The van der Waals surface area contributed by atoms with E-state index in [1.165, 1.54) is 7.11 Å². The maximum absolute atomic E-state index is 11.7. The largest absolute Gasteiger partial charge is 0.384 e. The Morgan fingerprint density at radius 2 is 1.94 bits per heavy atom. The molecule has 1 atom stereocenters. The Morgan fingerprint density at radius 3 is 2.31 bits per heavy atom. The first-order valence-corrected chi connectivity index (χ1v) is 8.05. The average molecular weight is 316 g/mol. The van der Waals surface area contributed by atoms with Crippen LogP contribution in [0.25, 0.3) is 0 Å². The molecule has 0 amide bonds. The first kappa shape index (κ1) is 16.4. The zero-order valence-corrected chi connectivity index (χ0v) is 12.8. The summed E-state index contributed by atoms with van der Waals surface area (Å²) in [5, 5.41) is 0.779. The molecule has 98 valence electrons. The van der Waals surface area contributed by atoms with Crippen LogP contribution in [0.1, 0.15) is 27.2 Å². The van der Waals surface area contributed by atoms with Gasteiger partial charge in [0.05, 0.1) is 12.4 Å². The van der Waals surface area contributed by atoms with Crippen LogP contribution in [0, 0.1) is 5.41 Å². The van der Waals surface area contributed by atoms with Crippen LogP contribution in [0.15, 0.2) is 0 Å². The van der Waals surface area contributed by atoms with Gasteiger partial charge in [0, 0.05) is 18.5 Å². The fraction of sp³-hybridized carbons (Fsp3) is 1.00. The number of rotatable bonds is 7. The second-order valence-corrected chi connectivity index (χ2v) is 7.49. The molecule has 0 radical (unpaired) electrons. The molecule has 0 aromatic rings. The van der Waals surface area contributed by atoms with E-state index in [0.717, 1.165) is 11.8 Å². The molecular weight excluding hydrogens is 294 g/mol. The second-order valence-electron chi connectivity index (χ2n) is 4.83. The van der Waals surface area contributed by atoms with Crippen molar-refractivity contribution in [3.8, 4) is 0 Å². The highest BCUT2D eigenvalue weighted by Crippen LogP contribution is 2.23. The van der Waals surface area contributed by atoms with Crippen LogP contribution in [0.2, 0.25) is 0 Å². The summed E-state index contributed by atoms with van der Waals surface area (Å²) in [6, 6.07) is -0.0614. The third-order valence-electron chi connectivity index (χ3n) is 2.32. The molecule has 0 saturated carbocycles. The van der Waals surface area contributed by atoms with Gasteiger partial charge in [-0.15, -0.1) is 0 Å². The highest BCUT2D eigenvalue weighted by atomic mass is 79.9. The molecule has 0 aliphatic rings. The Balaban J connectivity index is 4.50. The maximum atomic E-state index is 11.7. The summed E-state index contributed by atoms with van der Waals surface area (Å²) in [6.07, 6.45) is 0.774. The SMILES string of the molecule is COCCS(=O)(=O)NC(CCBr)C(C)(C)C. The van der Waals surface area contributed by atoms with Crippen molar-refractivity contribution in [2.75, 3.05) is 24.8 Å². The van der Waals surface area contributed by atoms with E-state index in [0.29, 0.717) is 0 Å². The van der Waals surface area contributed by atoms with Gasteiger partial charge < -0.3 is 4.74 Å². The molecular formula is C10H22BrNO3S. The number of hydrogen-bond acceptors (Lipinski definition) is 3. The fourth-order valence-electron chi connectivity index (χ4n) is 1.25. The Kier molecular flexibility index (Phi) is 7.09. The van der Waals surface area contributed by atoms with E-state index in [9.17, 15) is 8.42 Å². The minimum Gasteiger partial charge on any atom is -0.384 e. The van der Waals surface area contributed by atoms with E-state index in [4.69, 9.17) is 4.74 Å².